The molecule has 0 amide bonds. The molecule has 0 N–H and O–H groups in total. The zero-order chi connectivity index (χ0) is 48.2. The van der Waals surface area contributed by atoms with Gasteiger partial charge in [0.25, 0.3) is 0 Å². The lowest BCUT2D eigenvalue weighted by Gasteiger charge is -2.15. The van der Waals surface area contributed by atoms with E-state index < -0.39 is 12.1 Å². The van der Waals surface area contributed by atoms with E-state index >= 15 is 0 Å². The van der Waals surface area contributed by atoms with Crippen LogP contribution < -0.4 is 0 Å². The number of hydrogen-bond donors (Lipinski definition) is 0. The normalized spacial score (nSPS) is 13.3. The Hall–Kier alpha value is -8.25. The van der Waals surface area contributed by atoms with Gasteiger partial charge in [-0.3, -0.25) is 0 Å². The highest BCUT2D eigenvalue weighted by molar-refractivity contribution is 7.26. The summed E-state index contributed by atoms with van der Waals surface area (Å²) in [5, 5.41) is 6.93. The first kappa shape index (κ1) is 29.9. The average Bonchev–Trinajstić information content (AvgIpc) is 3.98. The number of thiophene rings is 1. The van der Waals surface area contributed by atoms with Gasteiger partial charge in [0.1, 0.15) is 0 Å². The molecule has 13 rings (SSSR count). The second-order valence-electron chi connectivity index (χ2n) is 15.8. The molecule has 298 valence electrons. The molecular weight excluding hydrogens is 797 g/mol. The maximum absolute atomic E-state index is 9.22. The molecule has 0 bridgehead atoms. The van der Waals surface area contributed by atoms with Crippen molar-refractivity contribution < 1.29 is 9.60 Å². The van der Waals surface area contributed by atoms with Crippen LogP contribution in [0.15, 0.2) is 218 Å². The Kier molecular flexibility index (Phi) is 6.87. The SMILES string of the molecule is [2H]c1cc([2H])c2c(c1[2H])c1c([2H])c([2H])c([2H])c([2H])c1n2-c1ccccc1-c1nc(-c2cccc(-c3cccc4c3sc3ccc(-c5ccccc5)cc34)c2)nc(-c2ccc3c(ccc4ccccc43)c2)n1. The van der Waals surface area contributed by atoms with Crippen molar-refractivity contribution in [1.29, 1.82) is 0 Å². The summed E-state index contributed by atoms with van der Waals surface area (Å²) in [6.07, 6.45) is 0. The quantitative estimate of drug-likeness (QED) is 0.157. The van der Waals surface area contributed by atoms with Crippen LogP contribution in [0.5, 0.6) is 0 Å². The van der Waals surface area contributed by atoms with E-state index in [1.54, 1.807) is 22.0 Å². The summed E-state index contributed by atoms with van der Waals surface area (Å²) in [5.74, 6) is 1.11. The van der Waals surface area contributed by atoms with Gasteiger partial charge in [0, 0.05) is 47.6 Å². The van der Waals surface area contributed by atoms with Gasteiger partial charge < -0.3 is 4.57 Å². The second kappa shape index (κ2) is 14.7. The lowest BCUT2D eigenvalue weighted by atomic mass is 9.99. The van der Waals surface area contributed by atoms with Crippen LogP contribution in [0.25, 0.3) is 126 Å². The van der Waals surface area contributed by atoms with Crippen molar-refractivity contribution in [1.82, 2.24) is 19.5 Å². The molecule has 13 aromatic rings. The summed E-state index contributed by atoms with van der Waals surface area (Å²) in [7, 11) is 0. The Balaban J connectivity index is 1.03. The Morgan fingerprint density at radius 2 is 1.03 bits per heavy atom. The molecule has 3 heterocycles. The third-order valence-electron chi connectivity index (χ3n) is 12.1. The first-order valence-electron chi connectivity index (χ1n) is 24.5. The van der Waals surface area contributed by atoms with E-state index in [0.29, 0.717) is 22.9 Å². The second-order valence-corrected chi connectivity index (χ2v) is 16.9. The monoisotopic (exact) mass is 839 g/mol. The summed E-state index contributed by atoms with van der Waals surface area (Å²) in [4.78, 5) is 15.6. The van der Waals surface area contributed by atoms with Crippen molar-refractivity contribution in [2.24, 2.45) is 0 Å². The van der Waals surface area contributed by atoms with Crippen LogP contribution in [0.1, 0.15) is 9.60 Å². The molecular formula is C59H36N4S. The highest BCUT2D eigenvalue weighted by Crippen LogP contribution is 2.43. The fourth-order valence-electron chi connectivity index (χ4n) is 9.13. The van der Waals surface area contributed by atoms with Gasteiger partial charge in [-0.15, -0.1) is 11.3 Å². The number of benzene rings is 10. The molecule has 0 fully saturated rings. The number of fused-ring (bicyclic) bond motifs is 9. The number of nitrogens with zero attached hydrogens (tertiary/aromatic N) is 4. The highest BCUT2D eigenvalue weighted by Gasteiger charge is 2.20. The Morgan fingerprint density at radius 3 is 1.95 bits per heavy atom. The van der Waals surface area contributed by atoms with Gasteiger partial charge in [-0.1, -0.05) is 170 Å². The van der Waals surface area contributed by atoms with Crippen LogP contribution in [-0.4, -0.2) is 19.5 Å². The number of para-hydroxylation sites is 3. The van der Waals surface area contributed by atoms with E-state index in [1.807, 2.05) is 54.6 Å². The van der Waals surface area contributed by atoms with Crippen molar-refractivity contribution in [2.75, 3.05) is 0 Å². The average molecular weight is 840 g/mol. The van der Waals surface area contributed by atoms with E-state index in [0.717, 1.165) is 43.8 Å². The standard InChI is InChI=1S/C59H36N4S/c1-2-14-37(15-3-1)39-31-33-55-51(36-39)49-24-13-23-46(56(49)64-55)40-17-12-18-42(34-40)57-60-58(43-30-32-45-41(35-43)29-28-38-16-4-5-19-44(38)45)62-59(61-57)50-22-8-11-27-54(50)63-52-25-9-6-20-47(52)48-21-7-10-26-53(48)63/h1-36H/i6D,7D,9D,20D,21D,25D,26D. The molecule has 0 saturated carbocycles. The van der Waals surface area contributed by atoms with Crippen LogP contribution in [0.4, 0.5) is 0 Å². The number of rotatable bonds is 6. The minimum atomic E-state index is -0.464. The molecule has 64 heavy (non-hydrogen) atoms. The third-order valence-corrected chi connectivity index (χ3v) is 13.4. The van der Waals surface area contributed by atoms with Gasteiger partial charge >= 0.3 is 0 Å². The predicted molar refractivity (Wildman–Crippen MR) is 269 cm³/mol. The molecule has 3 aromatic heterocycles. The molecule has 0 unspecified atom stereocenters. The lowest BCUT2D eigenvalue weighted by Crippen LogP contribution is -2.03. The summed E-state index contributed by atoms with van der Waals surface area (Å²) in [5.41, 5.74) is 7.11. The largest absolute Gasteiger partial charge is 0.309 e. The highest BCUT2D eigenvalue weighted by atomic mass is 32.1. The van der Waals surface area contributed by atoms with Crippen molar-refractivity contribution in [2.45, 2.75) is 0 Å². The minimum Gasteiger partial charge on any atom is -0.309 e. The van der Waals surface area contributed by atoms with Crippen LogP contribution in [0.2, 0.25) is 0 Å². The van der Waals surface area contributed by atoms with Crippen LogP contribution in [0.3, 0.4) is 0 Å². The Morgan fingerprint density at radius 1 is 0.375 bits per heavy atom. The molecule has 10 aromatic carbocycles. The lowest BCUT2D eigenvalue weighted by molar-refractivity contribution is 1.06. The van der Waals surface area contributed by atoms with Gasteiger partial charge in [-0.05, 0) is 92.3 Å². The van der Waals surface area contributed by atoms with Crippen LogP contribution in [-0.2, 0) is 0 Å². The van der Waals surface area contributed by atoms with Crippen LogP contribution >= 0.6 is 11.3 Å². The molecule has 0 spiro atoms. The summed E-state index contributed by atoms with van der Waals surface area (Å²) in [6, 6.07) is 56.9. The molecule has 4 nitrogen and oxygen atoms in total. The van der Waals surface area contributed by atoms with E-state index in [2.05, 4.69) is 109 Å². The molecule has 5 heteroatoms. The molecule has 0 aliphatic carbocycles. The molecule has 0 radical (unpaired) electrons. The smallest absolute Gasteiger partial charge is 0.166 e. The minimum absolute atomic E-state index is 0.0659. The van der Waals surface area contributed by atoms with Gasteiger partial charge in [-0.25, -0.2) is 15.0 Å². The zero-order valence-corrected chi connectivity index (χ0v) is 34.8. The van der Waals surface area contributed by atoms with Crippen LogP contribution in [0, 0.1) is 0 Å². The van der Waals surface area contributed by atoms with Crippen molar-refractivity contribution >= 4 is 74.9 Å². The molecule has 0 aliphatic heterocycles. The molecule has 0 aliphatic rings. The topological polar surface area (TPSA) is 43.6 Å². The molecule has 0 atom stereocenters. The van der Waals surface area contributed by atoms with Gasteiger partial charge in [0.2, 0.25) is 0 Å². The predicted octanol–water partition coefficient (Wildman–Crippen LogP) is 16.0. The Labute approximate surface area is 382 Å². The fraction of sp³-hybridized carbons (Fsp3) is 0. The molecule has 0 saturated heterocycles. The maximum atomic E-state index is 9.22. The van der Waals surface area contributed by atoms with Gasteiger partial charge in [0.05, 0.1) is 26.3 Å². The summed E-state index contributed by atoms with van der Waals surface area (Å²) in [6.45, 7) is 0. The van der Waals surface area contributed by atoms with Crippen molar-refractivity contribution in [3.63, 3.8) is 0 Å². The van der Waals surface area contributed by atoms with Gasteiger partial charge in [0.15, 0.2) is 17.5 Å². The van der Waals surface area contributed by atoms with E-state index in [4.69, 9.17) is 21.8 Å². The van der Waals surface area contributed by atoms with E-state index in [9.17, 15) is 2.74 Å². The zero-order valence-electron chi connectivity index (χ0n) is 40.9. The van der Waals surface area contributed by atoms with Gasteiger partial charge in [-0.2, -0.15) is 0 Å². The van der Waals surface area contributed by atoms with Crippen molar-refractivity contribution in [3.05, 3.63) is 218 Å². The maximum Gasteiger partial charge on any atom is 0.166 e. The fourth-order valence-corrected chi connectivity index (χ4v) is 10.4. The first-order valence-corrected chi connectivity index (χ1v) is 21.8. The Bertz CT molecular complexity index is 4400. The first-order chi connectivity index (χ1) is 34.6. The number of hydrogen-bond acceptors (Lipinski definition) is 4. The summed E-state index contributed by atoms with van der Waals surface area (Å²) >= 11 is 1.77. The summed E-state index contributed by atoms with van der Waals surface area (Å²) < 4.78 is 66.4. The number of aromatic nitrogens is 4. The van der Waals surface area contributed by atoms with E-state index in [-0.39, 0.29) is 57.8 Å². The van der Waals surface area contributed by atoms with E-state index in [1.165, 1.54) is 37.4 Å². The third kappa shape index (κ3) is 5.93. The van der Waals surface area contributed by atoms with Crippen molar-refractivity contribution in [3.8, 4) is 62.1 Å².